The highest BCUT2D eigenvalue weighted by molar-refractivity contribution is 5.81. The first-order valence-electron chi connectivity index (χ1n) is 6.08. The summed E-state index contributed by atoms with van der Waals surface area (Å²) in [5, 5.41) is 12.2. The topological polar surface area (TPSA) is 84.6 Å². The number of phenols is 1. The fourth-order valence-corrected chi connectivity index (χ4v) is 1.41. The van der Waals surface area contributed by atoms with Crippen molar-refractivity contribution in [2.45, 2.75) is 32.8 Å². The summed E-state index contributed by atoms with van der Waals surface area (Å²) in [5.74, 6) is 0.0745. The van der Waals surface area contributed by atoms with Gasteiger partial charge in [-0.2, -0.15) is 0 Å². The summed E-state index contributed by atoms with van der Waals surface area (Å²) in [6, 6.07) is 4.70. The number of aromatic hydroxyl groups is 1. The van der Waals surface area contributed by atoms with Gasteiger partial charge < -0.3 is 20.9 Å². The lowest BCUT2D eigenvalue weighted by Crippen LogP contribution is -2.36. The van der Waals surface area contributed by atoms with Crippen LogP contribution < -0.4 is 15.8 Å². The maximum absolute atomic E-state index is 11.7. The number of phenolic OH excluding ortho intramolecular Hbond substituents is 1. The quantitative estimate of drug-likeness (QED) is 0.408. The average molecular weight is 252 g/mol. The normalized spacial score (nSPS) is 11.9. The monoisotopic (exact) mass is 252 g/mol. The number of benzene rings is 1. The number of carbonyl (C=O) groups is 1. The number of carbonyl (C=O) groups excluding carboxylic acids is 1. The van der Waals surface area contributed by atoms with Crippen LogP contribution in [0.15, 0.2) is 18.2 Å². The number of hydrogen-bond acceptors (Lipinski definition) is 4. The van der Waals surface area contributed by atoms with Gasteiger partial charge in [0.2, 0.25) is 0 Å². The van der Waals surface area contributed by atoms with Crippen molar-refractivity contribution in [2.24, 2.45) is 0 Å². The van der Waals surface area contributed by atoms with Gasteiger partial charge in [-0.1, -0.05) is 19.4 Å². The van der Waals surface area contributed by atoms with Crippen molar-refractivity contribution < 1.29 is 14.6 Å². The van der Waals surface area contributed by atoms with Crippen LogP contribution in [0, 0.1) is 0 Å². The molecule has 0 radical (unpaired) electrons. The zero-order valence-corrected chi connectivity index (χ0v) is 10.8. The van der Waals surface area contributed by atoms with E-state index >= 15 is 0 Å². The Labute approximate surface area is 107 Å². The highest BCUT2D eigenvalue weighted by Crippen LogP contribution is 2.30. The van der Waals surface area contributed by atoms with Crippen LogP contribution in [0.3, 0.4) is 0 Å². The van der Waals surface area contributed by atoms with Crippen LogP contribution in [0.1, 0.15) is 26.7 Å². The smallest absolute Gasteiger partial charge is 0.260 e. The molecule has 1 aromatic rings. The number of rotatable bonds is 6. The molecular formula is C13H20N2O3. The molecule has 4 N–H and O–H groups in total. The van der Waals surface area contributed by atoms with Crippen LogP contribution in [0.4, 0.5) is 5.69 Å². The van der Waals surface area contributed by atoms with E-state index < -0.39 is 6.10 Å². The number of unbranched alkanes of at least 4 members (excludes halogenated alkanes) is 1. The first-order chi connectivity index (χ1) is 8.56. The lowest BCUT2D eigenvalue weighted by Gasteiger charge is -2.16. The second kappa shape index (κ2) is 6.74. The number of para-hydroxylation sites is 1. The second-order valence-corrected chi connectivity index (χ2v) is 4.09. The summed E-state index contributed by atoms with van der Waals surface area (Å²) in [6.45, 7) is 4.34. The van der Waals surface area contributed by atoms with E-state index in [1.807, 2.05) is 0 Å². The SMILES string of the molecule is CCCCNC(=O)C(C)Oc1cccc(O)c1N. The third-order valence-electron chi connectivity index (χ3n) is 2.55. The summed E-state index contributed by atoms with van der Waals surface area (Å²) in [7, 11) is 0. The van der Waals surface area contributed by atoms with Crippen LogP contribution in [-0.4, -0.2) is 23.7 Å². The largest absolute Gasteiger partial charge is 0.506 e. The van der Waals surface area contributed by atoms with Crippen LogP contribution in [0.25, 0.3) is 0 Å². The number of nitrogens with one attached hydrogen (secondary N) is 1. The van der Waals surface area contributed by atoms with Gasteiger partial charge in [0.25, 0.3) is 5.91 Å². The van der Waals surface area contributed by atoms with Crippen molar-refractivity contribution in [2.75, 3.05) is 12.3 Å². The zero-order valence-electron chi connectivity index (χ0n) is 10.8. The van der Waals surface area contributed by atoms with E-state index in [1.54, 1.807) is 19.1 Å². The van der Waals surface area contributed by atoms with Gasteiger partial charge >= 0.3 is 0 Å². The van der Waals surface area contributed by atoms with Crippen molar-refractivity contribution in [3.8, 4) is 11.5 Å². The van der Waals surface area contributed by atoms with Gasteiger partial charge in [-0.15, -0.1) is 0 Å². The summed E-state index contributed by atoms with van der Waals surface area (Å²) >= 11 is 0. The van der Waals surface area contributed by atoms with Crippen molar-refractivity contribution in [3.05, 3.63) is 18.2 Å². The Kier molecular flexibility index (Phi) is 5.30. The van der Waals surface area contributed by atoms with E-state index in [-0.39, 0.29) is 17.3 Å². The molecule has 5 nitrogen and oxygen atoms in total. The molecule has 0 aliphatic rings. The second-order valence-electron chi connectivity index (χ2n) is 4.09. The molecule has 1 aromatic carbocycles. The van der Waals surface area contributed by atoms with Crippen molar-refractivity contribution >= 4 is 11.6 Å². The molecule has 1 rings (SSSR count). The standard InChI is InChI=1S/C13H20N2O3/c1-3-4-8-15-13(17)9(2)18-11-7-5-6-10(16)12(11)14/h5-7,9,16H,3-4,8,14H2,1-2H3,(H,15,17). The van der Waals surface area contributed by atoms with Gasteiger partial charge in [-0.25, -0.2) is 0 Å². The van der Waals surface area contributed by atoms with Crippen LogP contribution in [-0.2, 0) is 4.79 Å². The predicted molar refractivity (Wildman–Crippen MR) is 70.5 cm³/mol. The maximum Gasteiger partial charge on any atom is 0.260 e. The van der Waals surface area contributed by atoms with Crippen LogP contribution in [0.5, 0.6) is 11.5 Å². The molecule has 0 heterocycles. The zero-order chi connectivity index (χ0) is 13.5. The van der Waals surface area contributed by atoms with E-state index in [4.69, 9.17) is 10.5 Å². The number of ether oxygens (including phenoxy) is 1. The minimum atomic E-state index is -0.647. The molecule has 5 heteroatoms. The van der Waals surface area contributed by atoms with Gasteiger partial charge in [0.1, 0.15) is 17.2 Å². The fourth-order valence-electron chi connectivity index (χ4n) is 1.41. The number of amides is 1. The van der Waals surface area contributed by atoms with Crippen LogP contribution >= 0.6 is 0 Å². The lowest BCUT2D eigenvalue weighted by atomic mass is 10.2. The Morgan fingerprint density at radius 3 is 2.94 bits per heavy atom. The molecule has 1 atom stereocenters. The Balaban J connectivity index is 2.56. The number of nitrogens with two attached hydrogens (primary N) is 1. The summed E-state index contributed by atoms with van der Waals surface area (Å²) < 4.78 is 5.42. The number of nitrogen functional groups attached to an aromatic ring is 1. The highest BCUT2D eigenvalue weighted by atomic mass is 16.5. The van der Waals surface area contributed by atoms with Gasteiger partial charge in [0.05, 0.1) is 0 Å². The fraction of sp³-hybridized carbons (Fsp3) is 0.462. The molecule has 0 spiro atoms. The van der Waals surface area contributed by atoms with E-state index in [9.17, 15) is 9.90 Å². The minimum absolute atomic E-state index is 0.0499. The molecule has 100 valence electrons. The number of anilines is 1. The number of hydrogen-bond donors (Lipinski definition) is 3. The lowest BCUT2D eigenvalue weighted by molar-refractivity contribution is -0.127. The average Bonchev–Trinajstić information content (AvgIpc) is 2.35. The molecule has 0 fully saturated rings. The third-order valence-corrected chi connectivity index (χ3v) is 2.55. The van der Waals surface area contributed by atoms with Crippen LogP contribution in [0.2, 0.25) is 0 Å². The van der Waals surface area contributed by atoms with E-state index in [0.717, 1.165) is 12.8 Å². The highest BCUT2D eigenvalue weighted by Gasteiger charge is 2.16. The molecule has 0 aliphatic heterocycles. The van der Waals surface area contributed by atoms with E-state index in [1.165, 1.54) is 6.07 Å². The first-order valence-corrected chi connectivity index (χ1v) is 6.08. The Morgan fingerprint density at radius 1 is 1.56 bits per heavy atom. The molecular weight excluding hydrogens is 232 g/mol. The summed E-state index contributed by atoms with van der Waals surface area (Å²) in [6.07, 6.45) is 1.31. The summed E-state index contributed by atoms with van der Waals surface area (Å²) in [5.41, 5.74) is 5.79. The molecule has 1 unspecified atom stereocenters. The molecule has 0 bridgehead atoms. The Morgan fingerprint density at radius 2 is 2.28 bits per heavy atom. The molecule has 0 saturated carbocycles. The molecule has 0 aromatic heterocycles. The van der Waals surface area contributed by atoms with Crippen molar-refractivity contribution in [1.82, 2.24) is 5.32 Å². The predicted octanol–water partition coefficient (Wildman–Crippen LogP) is 1.66. The van der Waals surface area contributed by atoms with Crippen molar-refractivity contribution in [1.29, 1.82) is 0 Å². The summed E-state index contributed by atoms with van der Waals surface area (Å²) in [4.78, 5) is 11.7. The van der Waals surface area contributed by atoms with Crippen molar-refractivity contribution in [3.63, 3.8) is 0 Å². The van der Waals surface area contributed by atoms with E-state index in [0.29, 0.717) is 12.3 Å². The van der Waals surface area contributed by atoms with E-state index in [2.05, 4.69) is 12.2 Å². The Hall–Kier alpha value is -1.91. The molecule has 0 saturated heterocycles. The van der Waals surface area contributed by atoms with Gasteiger partial charge in [0.15, 0.2) is 6.10 Å². The minimum Gasteiger partial charge on any atom is -0.506 e. The van der Waals surface area contributed by atoms with Gasteiger partial charge in [-0.3, -0.25) is 4.79 Å². The molecule has 0 aliphatic carbocycles. The van der Waals surface area contributed by atoms with Gasteiger partial charge in [-0.05, 0) is 25.5 Å². The molecule has 18 heavy (non-hydrogen) atoms. The van der Waals surface area contributed by atoms with Gasteiger partial charge in [0, 0.05) is 6.54 Å². The Bertz CT molecular complexity index is 407. The third kappa shape index (κ3) is 3.84. The first kappa shape index (κ1) is 14.2. The molecule has 1 amide bonds. The maximum atomic E-state index is 11.7.